The standard InChI is InChI=1S/C21H18N4O/c1-22-18-9-5-8-17(12-18)20-21(26)24(14-19-13-23-15-25(19)20)11-10-16-6-3-2-4-7-16/h2-9,12-13,15,20H,10-11,14H2. The van der Waals surface area contributed by atoms with Crippen LogP contribution in [0.3, 0.4) is 0 Å². The van der Waals surface area contributed by atoms with E-state index in [0.29, 0.717) is 18.8 Å². The van der Waals surface area contributed by atoms with Gasteiger partial charge in [-0.15, -0.1) is 0 Å². The SMILES string of the molecule is [C-]#[N+]c1cccc(C2C(=O)N(CCc3ccccc3)Cc3cncn32)c1. The van der Waals surface area contributed by atoms with Crippen molar-refractivity contribution in [1.82, 2.24) is 14.5 Å². The first kappa shape index (κ1) is 16.1. The molecule has 5 nitrogen and oxygen atoms in total. The molecule has 4 rings (SSSR count). The molecule has 2 heterocycles. The van der Waals surface area contributed by atoms with Gasteiger partial charge < -0.3 is 9.47 Å². The summed E-state index contributed by atoms with van der Waals surface area (Å²) < 4.78 is 1.92. The van der Waals surface area contributed by atoms with Crippen LogP contribution < -0.4 is 0 Å². The molecular weight excluding hydrogens is 324 g/mol. The summed E-state index contributed by atoms with van der Waals surface area (Å²) in [6.45, 7) is 8.45. The lowest BCUT2D eigenvalue weighted by Gasteiger charge is -2.34. The van der Waals surface area contributed by atoms with Gasteiger partial charge in [-0.05, 0) is 17.5 Å². The summed E-state index contributed by atoms with van der Waals surface area (Å²) in [7, 11) is 0. The van der Waals surface area contributed by atoms with Crippen LogP contribution in [0.1, 0.15) is 22.9 Å². The van der Waals surface area contributed by atoms with Crippen LogP contribution in [0.4, 0.5) is 5.69 Å². The summed E-state index contributed by atoms with van der Waals surface area (Å²) in [6, 6.07) is 17.0. The molecular formula is C21H18N4O. The number of rotatable bonds is 4. The fourth-order valence-electron chi connectivity index (χ4n) is 3.42. The number of amides is 1. The molecule has 1 unspecified atom stereocenters. The first-order valence-electron chi connectivity index (χ1n) is 8.57. The molecule has 0 bridgehead atoms. The van der Waals surface area contributed by atoms with Crippen molar-refractivity contribution in [2.45, 2.75) is 19.0 Å². The molecule has 5 heteroatoms. The summed E-state index contributed by atoms with van der Waals surface area (Å²) in [5, 5.41) is 0. The van der Waals surface area contributed by atoms with Crippen molar-refractivity contribution in [3.8, 4) is 0 Å². The Morgan fingerprint density at radius 3 is 2.81 bits per heavy atom. The largest absolute Gasteiger partial charge is 0.334 e. The van der Waals surface area contributed by atoms with Crippen molar-refractivity contribution in [2.24, 2.45) is 0 Å². The first-order valence-corrected chi connectivity index (χ1v) is 8.57. The topological polar surface area (TPSA) is 42.5 Å². The number of carbonyl (C=O) groups is 1. The van der Waals surface area contributed by atoms with Crippen molar-refractivity contribution >= 4 is 11.6 Å². The second-order valence-electron chi connectivity index (χ2n) is 6.40. The molecule has 1 aliphatic rings. The quantitative estimate of drug-likeness (QED) is 0.680. The zero-order chi connectivity index (χ0) is 17.9. The Kier molecular flexibility index (Phi) is 4.24. The Bertz CT molecular complexity index is 971. The molecule has 1 aliphatic heterocycles. The monoisotopic (exact) mass is 342 g/mol. The van der Waals surface area contributed by atoms with Gasteiger partial charge in [0.25, 0.3) is 5.91 Å². The molecule has 26 heavy (non-hydrogen) atoms. The number of nitrogens with zero attached hydrogens (tertiary/aromatic N) is 4. The van der Waals surface area contributed by atoms with Crippen LogP contribution in [0.15, 0.2) is 67.1 Å². The van der Waals surface area contributed by atoms with E-state index in [2.05, 4.69) is 22.0 Å². The number of fused-ring (bicyclic) bond motifs is 1. The molecule has 1 aromatic heterocycles. The minimum absolute atomic E-state index is 0.0496. The van der Waals surface area contributed by atoms with E-state index >= 15 is 0 Å². The maximum atomic E-state index is 13.2. The van der Waals surface area contributed by atoms with Crippen LogP contribution in [0, 0.1) is 6.57 Å². The van der Waals surface area contributed by atoms with Crippen molar-refractivity contribution in [2.75, 3.05) is 6.54 Å². The number of benzene rings is 2. The summed E-state index contributed by atoms with van der Waals surface area (Å²) in [6.07, 6.45) is 4.33. The zero-order valence-electron chi connectivity index (χ0n) is 14.2. The van der Waals surface area contributed by atoms with Gasteiger partial charge in [0.15, 0.2) is 5.69 Å². The molecule has 128 valence electrons. The number of aromatic nitrogens is 2. The maximum Gasteiger partial charge on any atom is 0.250 e. The molecule has 0 saturated carbocycles. The molecule has 0 aliphatic carbocycles. The molecule has 2 aromatic carbocycles. The van der Waals surface area contributed by atoms with Crippen molar-refractivity contribution < 1.29 is 4.79 Å². The van der Waals surface area contributed by atoms with Gasteiger partial charge in [-0.25, -0.2) is 9.83 Å². The molecule has 0 saturated heterocycles. The normalized spacial score (nSPS) is 16.2. The van der Waals surface area contributed by atoms with Crippen molar-refractivity contribution in [1.29, 1.82) is 0 Å². The van der Waals surface area contributed by atoms with E-state index in [4.69, 9.17) is 6.57 Å². The Labute approximate surface area is 152 Å². The fourth-order valence-corrected chi connectivity index (χ4v) is 3.42. The van der Waals surface area contributed by atoms with E-state index in [1.54, 1.807) is 18.5 Å². The first-order chi connectivity index (χ1) is 12.8. The highest BCUT2D eigenvalue weighted by Crippen LogP contribution is 2.30. The smallest absolute Gasteiger partial charge is 0.250 e. The highest BCUT2D eigenvalue weighted by atomic mass is 16.2. The van der Waals surface area contributed by atoms with E-state index in [0.717, 1.165) is 17.7 Å². The third-order valence-electron chi connectivity index (χ3n) is 4.75. The Hall–Kier alpha value is -3.39. The zero-order valence-corrected chi connectivity index (χ0v) is 14.2. The van der Waals surface area contributed by atoms with Gasteiger partial charge in [0.2, 0.25) is 0 Å². The van der Waals surface area contributed by atoms with E-state index in [9.17, 15) is 4.79 Å². The van der Waals surface area contributed by atoms with Gasteiger partial charge in [0.1, 0.15) is 6.04 Å². The summed E-state index contributed by atoms with van der Waals surface area (Å²) in [5.41, 5.74) is 3.59. The van der Waals surface area contributed by atoms with E-state index < -0.39 is 6.04 Å². The van der Waals surface area contributed by atoms with Crippen LogP contribution in [-0.2, 0) is 17.8 Å². The lowest BCUT2D eigenvalue weighted by atomic mass is 10.0. The third kappa shape index (κ3) is 2.98. The molecule has 0 N–H and O–H groups in total. The lowest BCUT2D eigenvalue weighted by molar-refractivity contribution is -0.136. The second kappa shape index (κ2) is 6.85. The van der Waals surface area contributed by atoms with Crippen LogP contribution >= 0.6 is 0 Å². The summed E-state index contributed by atoms with van der Waals surface area (Å²) >= 11 is 0. The van der Waals surface area contributed by atoms with Gasteiger partial charge in [-0.2, -0.15) is 0 Å². The number of carbonyl (C=O) groups excluding carboxylic acids is 1. The van der Waals surface area contributed by atoms with Gasteiger partial charge in [-0.3, -0.25) is 4.79 Å². The Morgan fingerprint density at radius 2 is 2.00 bits per heavy atom. The molecule has 0 fully saturated rings. The van der Waals surface area contributed by atoms with E-state index in [1.165, 1.54) is 5.56 Å². The number of hydrogen-bond acceptors (Lipinski definition) is 2. The predicted molar refractivity (Wildman–Crippen MR) is 98.6 cm³/mol. The maximum absolute atomic E-state index is 13.2. The highest BCUT2D eigenvalue weighted by molar-refractivity contribution is 5.85. The average molecular weight is 342 g/mol. The predicted octanol–water partition coefficient (Wildman–Crippen LogP) is 3.61. The van der Waals surface area contributed by atoms with Gasteiger partial charge >= 0.3 is 0 Å². The van der Waals surface area contributed by atoms with Crippen LogP contribution in [0.25, 0.3) is 4.85 Å². The minimum atomic E-state index is -0.460. The molecule has 0 radical (unpaired) electrons. The molecule has 3 aromatic rings. The number of imidazole rings is 1. The van der Waals surface area contributed by atoms with E-state index in [-0.39, 0.29) is 5.91 Å². The molecule has 1 atom stereocenters. The van der Waals surface area contributed by atoms with Crippen molar-refractivity contribution in [3.63, 3.8) is 0 Å². The van der Waals surface area contributed by atoms with Gasteiger partial charge in [0.05, 0.1) is 25.1 Å². The molecule has 0 spiro atoms. The van der Waals surface area contributed by atoms with Gasteiger partial charge in [0, 0.05) is 12.7 Å². The molecule has 1 amide bonds. The minimum Gasteiger partial charge on any atom is -0.334 e. The highest BCUT2D eigenvalue weighted by Gasteiger charge is 2.33. The van der Waals surface area contributed by atoms with Crippen LogP contribution in [0.2, 0.25) is 0 Å². The van der Waals surface area contributed by atoms with Crippen LogP contribution in [0.5, 0.6) is 0 Å². The fraction of sp³-hybridized carbons (Fsp3) is 0.190. The van der Waals surface area contributed by atoms with E-state index in [1.807, 2.05) is 46.0 Å². The lowest BCUT2D eigenvalue weighted by Crippen LogP contribution is -2.43. The van der Waals surface area contributed by atoms with Crippen molar-refractivity contribution in [3.05, 3.63) is 95.4 Å². The summed E-state index contributed by atoms with van der Waals surface area (Å²) in [4.78, 5) is 22.8. The Balaban J connectivity index is 1.63. The summed E-state index contributed by atoms with van der Waals surface area (Å²) in [5.74, 6) is 0.0496. The average Bonchev–Trinajstić information content (AvgIpc) is 3.15. The number of hydrogen-bond donors (Lipinski definition) is 0. The Morgan fingerprint density at radius 1 is 1.15 bits per heavy atom. The third-order valence-corrected chi connectivity index (χ3v) is 4.75. The van der Waals surface area contributed by atoms with Gasteiger partial charge in [-0.1, -0.05) is 54.6 Å². The second-order valence-corrected chi connectivity index (χ2v) is 6.40. The van der Waals surface area contributed by atoms with Crippen LogP contribution in [-0.4, -0.2) is 26.9 Å².